The van der Waals surface area contributed by atoms with Gasteiger partial charge in [0.15, 0.2) is 0 Å². The van der Waals surface area contributed by atoms with Crippen molar-refractivity contribution in [2.45, 2.75) is 58.0 Å². The second-order valence-corrected chi connectivity index (χ2v) is 3.62. The number of aliphatic hydroxyl groups is 1. The van der Waals surface area contributed by atoms with Gasteiger partial charge in [0.05, 0.1) is 13.2 Å². The van der Waals surface area contributed by atoms with Gasteiger partial charge in [-0.15, -0.1) is 0 Å². The van der Waals surface area contributed by atoms with E-state index in [4.69, 9.17) is 0 Å². The normalized spacial score (nSPS) is 12.5. The average Bonchev–Trinajstić information content (AvgIpc) is 2.17. The van der Waals surface area contributed by atoms with Crippen molar-refractivity contribution in [3.8, 4) is 0 Å². The molecule has 0 aromatic carbocycles. The summed E-state index contributed by atoms with van der Waals surface area (Å²) in [7, 11) is 1.41. The van der Waals surface area contributed by atoms with Gasteiger partial charge in [-0.25, -0.2) is 0 Å². The Bertz CT molecular complexity index is 145. The molecule has 1 atom stereocenters. The molecule has 0 saturated carbocycles. The molecule has 0 fully saturated rings. The van der Waals surface area contributed by atoms with Gasteiger partial charge in [-0.05, 0) is 19.3 Å². The molecule has 0 aromatic rings. The van der Waals surface area contributed by atoms with E-state index in [2.05, 4.69) is 11.7 Å². The maximum absolute atomic E-state index is 10.7. The molecule has 0 radical (unpaired) electrons. The quantitative estimate of drug-likeness (QED) is 0.485. The van der Waals surface area contributed by atoms with Crippen LogP contribution in [0.25, 0.3) is 0 Å². The first-order valence-electron chi connectivity index (χ1n) is 5.45. The predicted octanol–water partition coefficient (Wildman–Crippen LogP) is 2.27. The van der Waals surface area contributed by atoms with E-state index in [0.717, 1.165) is 38.5 Å². The van der Waals surface area contributed by atoms with Gasteiger partial charge in [0.2, 0.25) is 0 Å². The maximum Gasteiger partial charge on any atom is 0.305 e. The first-order valence-corrected chi connectivity index (χ1v) is 5.45. The van der Waals surface area contributed by atoms with Gasteiger partial charge < -0.3 is 9.84 Å². The number of aliphatic hydroxyl groups excluding tert-OH is 1. The summed E-state index contributed by atoms with van der Waals surface area (Å²) in [5.41, 5.74) is 0. The van der Waals surface area contributed by atoms with Crippen molar-refractivity contribution >= 4 is 5.97 Å². The van der Waals surface area contributed by atoms with Crippen LogP contribution in [0.15, 0.2) is 0 Å². The molecular formula is C11H22O3. The van der Waals surface area contributed by atoms with Crippen LogP contribution >= 0.6 is 0 Å². The Labute approximate surface area is 86.5 Å². The number of esters is 1. The minimum atomic E-state index is -0.155. The Morgan fingerprint density at radius 3 is 2.57 bits per heavy atom. The van der Waals surface area contributed by atoms with Crippen molar-refractivity contribution in [3.05, 3.63) is 0 Å². The minimum Gasteiger partial charge on any atom is -0.469 e. The van der Waals surface area contributed by atoms with E-state index in [1.54, 1.807) is 0 Å². The fourth-order valence-electron chi connectivity index (χ4n) is 1.41. The van der Waals surface area contributed by atoms with Gasteiger partial charge in [-0.3, -0.25) is 4.79 Å². The van der Waals surface area contributed by atoms with E-state index in [-0.39, 0.29) is 12.1 Å². The molecule has 0 bridgehead atoms. The highest BCUT2D eigenvalue weighted by molar-refractivity contribution is 5.68. The third-order valence-corrected chi connectivity index (χ3v) is 2.27. The molecule has 0 aliphatic carbocycles. The van der Waals surface area contributed by atoms with E-state index in [1.807, 2.05) is 0 Å². The molecule has 0 unspecified atom stereocenters. The lowest BCUT2D eigenvalue weighted by Gasteiger charge is -2.07. The summed E-state index contributed by atoms with van der Waals surface area (Å²) in [6.07, 6.45) is 5.98. The van der Waals surface area contributed by atoms with Crippen LogP contribution < -0.4 is 0 Å². The second kappa shape index (κ2) is 9.00. The molecule has 0 aliphatic rings. The number of rotatable bonds is 8. The second-order valence-electron chi connectivity index (χ2n) is 3.62. The SMILES string of the molecule is CCC[C@H](O)CCCCCC(=O)OC. The molecule has 84 valence electrons. The van der Waals surface area contributed by atoms with E-state index >= 15 is 0 Å². The summed E-state index contributed by atoms with van der Waals surface area (Å²) in [6.45, 7) is 2.07. The third kappa shape index (κ3) is 8.05. The molecule has 0 rings (SSSR count). The van der Waals surface area contributed by atoms with Crippen molar-refractivity contribution in [3.63, 3.8) is 0 Å². The van der Waals surface area contributed by atoms with Gasteiger partial charge in [-0.1, -0.05) is 26.2 Å². The molecule has 1 N–H and O–H groups in total. The predicted molar refractivity (Wildman–Crippen MR) is 56.0 cm³/mol. The fraction of sp³-hybridized carbons (Fsp3) is 0.909. The summed E-state index contributed by atoms with van der Waals surface area (Å²) in [5.74, 6) is -0.140. The Morgan fingerprint density at radius 2 is 2.00 bits per heavy atom. The standard InChI is InChI=1S/C11H22O3/c1-3-7-10(12)8-5-4-6-9-11(13)14-2/h10,12H,3-9H2,1-2H3/t10-/m0/s1. The van der Waals surface area contributed by atoms with Crippen molar-refractivity contribution in [2.24, 2.45) is 0 Å². The highest BCUT2D eigenvalue weighted by Crippen LogP contribution is 2.09. The fourth-order valence-corrected chi connectivity index (χ4v) is 1.41. The molecule has 14 heavy (non-hydrogen) atoms. The zero-order valence-electron chi connectivity index (χ0n) is 9.29. The van der Waals surface area contributed by atoms with Gasteiger partial charge >= 0.3 is 5.97 Å². The van der Waals surface area contributed by atoms with Crippen molar-refractivity contribution in [1.29, 1.82) is 0 Å². The van der Waals surface area contributed by atoms with Crippen molar-refractivity contribution < 1.29 is 14.6 Å². The number of carbonyl (C=O) groups excluding carboxylic acids is 1. The topological polar surface area (TPSA) is 46.5 Å². The first kappa shape index (κ1) is 13.4. The zero-order valence-corrected chi connectivity index (χ0v) is 9.29. The van der Waals surface area contributed by atoms with Crippen LogP contribution in [0.2, 0.25) is 0 Å². The maximum atomic E-state index is 10.7. The Hall–Kier alpha value is -0.570. The van der Waals surface area contributed by atoms with Crippen LogP contribution in [-0.2, 0) is 9.53 Å². The number of hydrogen-bond donors (Lipinski definition) is 1. The summed E-state index contributed by atoms with van der Waals surface area (Å²) in [4.78, 5) is 10.7. The average molecular weight is 202 g/mol. The van der Waals surface area contributed by atoms with Gasteiger partial charge in [0.25, 0.3) is 0 Å². The summed E-state index contributed by atoms with van der Waals surface area (Å²) >= 11 is 0. The van der Waals surface area contributed by atoms with Crippen LogP contribution in [0.1, 0.15) is 51.9 Å². The highest BCUT2D eigenvalue weighted by atomic mass is 16.5. The van der Waals surface area contributed by atoms with Crippen LogP contribution in [0.3, 0.4) is 0 Å². The third-order valence-electron chi connectivity index (χ3n) is 2.27. The molecule has 0 heterocycles. The van der Waals surface area contributed by atoms with E-state index in [1.165, 1.54) is 7.11 Å². The van der Waals surface area contributed by atoms with E-state index < -0.39 is 0 Å². The molecule has 0 saturated heterocycles. The Morgan fingerprint density at radius 1 is 1.29 bits per heavy atom. The lowest BCUT2D eigenvalue weighted by molar-refractivity contribution is -0.140. The van der Waals surface area contributed by atoms with Gasteiger partial charge in [-0.2, -0.15) is 0 Å². The number of hydrogen-bond acceptors (Lipinski definition) is 3. The largest absolute Gasteiger partial charge is 0.469 e. The molecule has 0 aromatic heterocycles. The molecule has 0 amide bonds. The number of methoxy groups -OCH3 is 1. The van der Waals surface area contributed by atoms with E-state index in [9.17, 15) is 9.90 Å². The van der Waals surface area contributed by atoms with Crippen LogP contribution in [-0.4, -0.2) is 24.3 Å². The van der Waals surface area contributed by atoms with Gasteiger partial charge in [0, 0.05) is 6.42 Å². The first-order chi connectivity index (χ1) is 6.70. The smallest absolute Gasteiger partial charge is 0.305 e. The van der Waals surface area contributed by atoms with Gasteiger partial charge in [0.1, 0.15) is 0 Å². The minimum absolute atomic E-state index is 0.140. The van der Waals surface area contributed by atoms with Crippen LogP contribution in [0.4, 0.5) is 0 Å². The Balaban J connectivity index is 3.17. The lowest BCUT2D eigenvalue weighted by atomic mass is 10.1. The molecule has 0 spiro atoms. The highest BCUT2D eigenvalue weighted by Gasteiger charge is 2.03. The lowest BCUT2D eigenvalue weighted by Crippen LogP contribution is -2.05. The van der Waals surface area contributed by atoms with Crippen LogP contribution in [0.5, 0.6) is 0 Å². The molecular weight excluding hydrogens is 180 g/mol. The van der Waals surface area contributed by atoms with Crippen molar-refractivity contribution in [2.75, 3.05) is 7.11 Å². The summed E-state index contributed by atoms with van der Waals surface area (Å²) < 4.78 is 4.53. The number of unbranched alkanes of at least 4 members (excludes halogenated alkanes) is 2. The number of carbonyl (C=O) groups is 1. The summed E-state index contributed by atoms with van der Waals surface area (Å²) in [5, 5.41) is 9.41. The monoisotopic (exact) mass is 202 g/mol. The van der Waals surface area contributed by atoms with E-state index in [0.29, 0.717) is 6.42 Å². The molecule has 3 heteroatoms. The van der Waals surface area contributed by atoms with Crippen molar-refractivity contribution in [1.82, 2.24) is 0 Å². The number of ether oxygens (including phenoxy) is 1. The molecule has 3 nitrogen and oxygen atoms in total. The summed E-state index contributed by atoms with van der Waals surface area (Å²) in [6, 6.07) is 0. The van der Waals surface area contributed by atoms with Crippen LogP contribution in [0, 0.1) is 0 Å². The zero-order chi connectivity index (χ0) is 10.8. The Kier molecular flexibility index (Phi) is 8.64. The molecule has 0 aliphatic heterocycles.